The molecule has 36 heavy (non-hydrogen) atoms. The Kier molecular flexibility index (Phi) is 6.78. The highest BCUT2D eigenvalue weighted by Crippen LogP contribution is 2.34. The fraction of sp³-hybridized carbons (Fsp3) is 0.308. The molecule has 1 fully saturated rings. The molecule has 1 saturated heterocycles. The lowest BCUT2D eigenvalue weighted by Gasteiger charge is -2.27. The normalized spacial score (nSPS) is 17.4. The van der Waals surface area contributed by atoms with Crippen molar-refractivity contribution in [2.75, 3.05) is 11.9 Å². The average molecular weight is 494 g/mol. The zero-order chi connectivity index (χ0) is 26.0. The molecule has 1 aliphatic heterocycles. The largest absolute Gasteiger partial charge is 0.325 e. The van der Waals surface area contributed by atoms with Gasteiger partial charge in [-0.3, -0.25) is 24.0 Å². The molecule has 2 N–H and O–H groups in total. The van der Waals surface area contributed by atoms with Crippen LogP contribution in [0, 0.1) is 12.7 Å². The van der Waals surface area contributed by atoms with Crippen molar-refractivity contribution < 1.29 is 18.8 Å². The fourth-order valence-electron chi connectivity index (χ4n) is 4.49. The number of rotatable bonds is 8. The minimum atomic E-state index is -1.39. The smallest absolute Gasteiger partial charge is 0.319 e. The number of nitrogens with zero attached hydrogens (tertiary/aromatic N) is 3. The van der Waals surface area contributed by atoms with Gasteiger partial charge in [0.1, 0.15) is 23.6 Å². The van der Waals surface area contributed by atoms with Crippen molar-refractivity contribution in [2.24, 2.45) is 7.05 Å². The lowest BCUT2D eigenvalue weighted by Crippen LogP contribution is -2.44. The third kappa shape index (κ3) is 4.30. The van der Waals surface area contributed by atoms with Crippen molar-refractivity contribution >= 4 is 23.5 Å². The molecule has 10 heteroatoms. The number of benzene rings is 2. The maximum absolute atomic E-state index is 13.5. The lowest BCUT2D eigenvalue weighted by molar-refractivity contribution is -0.134. The summed E-state index contributed by atoms with van der Waals surface area (Å²) in [5.41, 5.74) is -0.169. The van der Waals surface area contributed by atoms with Crippen LogP contribution in [-0.4, -0.2) is 38.7 Å². The Morgan fingerprint density at radius 1 is 1.06 bits per heavy atom. The Bertz CT molecular complexity index is 1360. The summed E-state index contributed by atoms with van der Waals surface area (Å²) < 4.78 is 16.6. The number of anilines is 1. The molecular weight excluding hydrogens is 465 g/mol. The van der Waals surface area contributed by atoms with E-state index in [-0.39, 0.29) is 5.69 Å². The highest BCUT2D eigenvalue weighted by Gasteiger charge is 2.52. The number of halogens is 1. The lowest BCUT2D eigenvalue weighted by atomic mass is 9.85. The number of hydrogen-bond donors (Lipinski definition) is 2. The summed E-state index contributed by atoms with van der Waals surface area (Å²) in [6, 6.07) is 13.6. The van der Waals surface area contributed by atoms with E-state index in [4.69, 9.17) is 0 Å². The van der Waals surface area contributed by atoms with Gasteiger partial charge < -0.3 is 10.6 Å². The van der Waals surface area contributed by atoms with Gasteiger partial charge >= 0.3 is 6.03 Å². The van der Waals surface area contributed by atoms with E-state index < -0.39 is 41.3 Å². The molecule has 188 valence electrons. The highest BCUT2D eigenvalue weighted by molar-refractivity contribution is 6.10. The Morgan fingerprint density at radius 3 is 2.36 bits per heavy atom. The van der Waals surface area contributed by atoms with Crippen LogP contribution in [0.3, 0.4) is 0 Å². The van der Waals surface area contributed by atoms with Crippen LogP contribution in [0.4, 0.5) is 14.9 Å². The Hall–Kier alpha value is -4.21. The standard InChI is InChI=1S/C26H28FN5O4/c1-4-5-15-26(18-11-13-19(27)14-12-18)24(35)31(25(36)29-26)16-21(33)28-22-17(2)30(3)32(23(22)34)20-9-7-6-8-10-20/h6-14H,4-5,15-16H2,1-3H3,(H,28,33)(H,29,36). The van der Waals surface area contributed by atoms with Gasteiger partial charge in [-0.15, -0.1) is 0 Å². The molecule has 3 aromatic rings. The summed E-state index contributed by atoms with van der Waals surface area (Å²) >= 11 is 0. The van der Waals surface area contributed by atoms with E-state index in [2.05, 4.69) is 10.6 Å². The third-order valence-corrected chi connectivity index (χ3v) is 6.54. The van der Waals surface area contributed by atoms with E-state index in [0.717, 1.165) is 11.3 Å². The Labute approximate surface area is 207 Å². The topological polar surface area (TPSA) is 105 Å². The van der Waals surface area contributed by atoms with Crippen LogP contribution in [0.1, 0.15) is 37.4 Å². The number of unbranched alkanes of at least 4 members (excludes halogenated alkanes) is 1. The maximum atomic E-state index is 13.5. The van der Waals surface area contributed by atoms with Gasteiger partial charge in [0, 0.05) is 7.05 Å². The van der Waals surface area contributed by atoms with Crippen molar-refractivity contribution in [3.8, 4) is 5.69 Å². The van der Waals surface area contributed by atoms with Gasteiger partial charge in [-0.05, 0) is 43.2 Å². The molecule has 1 aliphatic rings. The first-order valence-electron chi connectivity index (χ1n) is 11.7. The first-order chi connectivity index (χ1) is 17.2. The van der Waals surface area contributed by atoms with Crippen molar-refractivity contribution in [1.29, 1.82) is 0 Å². The molecule has 9 nitrogen and oxygen atoms in total. The number of carbonyl (C=O) groups is 3. The van der Waals surface area contributed by atoms with Crippen molar-refractivity contribution in [2.45, 2.75) is 38.6 Å². The summed E-state index contributed by atoms with van der Waals surface area (Å²) in [7, 11) is 1.70. The second-order valence-corrected chi connectivity index (χ2v) is 8.82. The van der Waals surface area contributed by atoms with Crippen LogP contribution in [0.5, 0.6) is 0 Å². The molecule has 1 unspecified atom stereocenters. The summed E-state index contributed by atoms with van der Waals surface area (Å²) in [5, 5.41) is 5.31. The van der Waals surface area contributed by atoms with Crippen LogP contribution in [0.25, 0.3) is 5.69 Å². The van der Waals surface area contributed by atoms with Crippen LogP contribution < -0.4 is 16.2 Å². The predicted molar refractivity (Wildman–Crippen MR) is 132 cm³/mol. The van der Waals surface area contributed by atoms with Gasteiger partial charge in [-0.1, -0.05) is 50.1 Å². The van der Waals surface area contributed by atoms with Crippen molar-refractivity contribution in [3.05, 3.63) is 82.0 Å². The number of para-hydroxylation sites is 1. The van der Waals surface area contributed by atoms with Gasteiger partial charge in [0.15, 0.2) is 0 Å². The van der Waals surface area contributed by atoms with Gasteiger partial charge in [-0.25, -0.2) is 13.9 Å². The molecule has 0 spiro atoms. The predicted octanol–water partition coefficient (Wildman–Crippen LogP) is 3.20. The molecule has 1 atom stereocenters. The summed E-state index contributed by atoms with van der Waals surface area (Å²) in [6.45, 7) is 3.07. The minimum absolute atomic E-state index is 0.0641. The Morgan fingerprint density at radius 2 is 1.72 bits per heavy atom. The van der Waals surface area contributed by atoms with Gasteiger partial charge in [0.05, 0.1) is 11.4 Å². The van der Waals surface area contributed by atoms with E-state index >= 15 is 0 Å². The molecule has 4 rings (SSSR count). The SMILES string of the molecule is CCCCC1(c2ccc(F)cc2)NC(=O)N(CC(=O)Nc2c(C)n(C)n(-c3ccccc3)c2=O)C1=O. The number of hydrogen-bond acceptors (Lipinski definition) is 4. The highest BCUT2D eigenvalue weighted by atomic mass is 19.1. The van der Waals surface area contributed by atoms with Gasteiger partial charge in [0.25, 0.3) is 11.5 Å². The van der Waals surface area contributed by atoms with E-state index in [1.54, 1.807) is 42.9 Å². The zero-order valence-corrected chi connectivity index (χ0v) is 20.4. The summed E-state index contributed by atoms with van der Waals surface area (Å²) in [5.74, 6) is -1.74. The molecule has 0 aliphatic carbocycles. The number of urea groups is 1. The van der Waals surface area contributed by atoms with Gasteiger partial charge in [0.2, 0.25) is 5.91 Å². The van der Waals surface area contributed by atoms with Crippen LogP contribution >= 0.6 is 0 Å². The number of imide groups is 1. The average Bonchev–Trinajstić information content (AvgIpc) is 3.23. The second kappa shape index (κ2) is 9.80. The first-order valence-corrected chi connectivity index (χ1v) is 11.7. The molecule has 4 amide bonds. The number of carbonyl (C=O) groups excluding carboxylic acids is 3. The molecule has 0 radical (unpaired) electrons. The number of aromatic nitrogens is 2. The maximum Gasteiger partial charge on any atom is 0.325 e. The second-order valence-electron chi connectivity index (χ2n) is 8.82. The number of amides is 4. The van der Waals surface area contributed by atoms with Crippen LogP contribution in [0.15, 0.2) is 59.4 Å². The molecular formula is C26H28FN5O4. The molecule has 2 aromatic carbocycles. The van der Waals surface area contributed by atoms with E-state index in [1.807, 2.05) is 13.0 Å². The molecule has 2 heterocycles. The van der Waals surface area contributed by atoms with E-state index in [9.17, 15) is 23.6 Å². The van der Waals surface area contributed by atoms with Crippen LogP contribution in [-0.2, 0) is 22.2 Å². The third-order valence-electron chi connectivity index (χ3n) is 6.54. The quantitative estimate of drug-likeness (QED) is 0.470. The number of nitrogens with one attached hydrogen (secondary N) is 2. The first kappa shape index (κ1) is 24.9. The monoisotopic (exact) mass is 493 g/mol. The molecule has 1 aromatic heterocycles. The van der Waals surface area contributed by atoms with Crippen LogP contribution in [0.2, 0.25) is 0 Å². The van der Waals surface area contributed by atoms with E-state index in [0.29, 0.717) is 29.8 Å². The van der Waals surface area contributed by atoms with Gasteiger partial charge in [-0.2, -0.15) is 0 Å². The fourth-order valence-corrected chi connectivity index (χ4v) is 4.49. The minimum Gasteiger partial charge on any atom is -0.319 e. The zero-order valence-electron chi connectivity index (χ0n) is 20.4. The molecule has 0 bridgehead atoms. The molecule has 0 saturated carbocycles. The Balaban J connectivity index is 1.58. The summed E-state index contributed by atoms with van der Waals surface area (Å²) in [6.07, 6.45) is 1.70. The van der Waals surface area contributed by atoms with Crippen molar-refractivity contribution in [3.63, 3.8) is 0 Å². The van der Waals surface area contributed by atoms with Crippen molar-refractivity contribution in [1.82, 2.24) is 19.6 Å². The summed E-state index contributed by atoms with van der Waals surface area (Å²) in [4.78, 5) is 53.2. The van der Waals surface area contributed by atoms with E-state index in [1.165, 1.54) is 28.9 Å².